The van der Waals surface area contributed by atoms with E-state index in [4.69, 9.17) is 0 Å². The Morgan fingerprint density at radius 2 is 1.70 bits per heavy atom. The van der Waals surface area contributed by atoms with Gasteiger partial charge in [-0.05, 0) is 57.2 Å². The van der Waals surface area contributed by atoms with Crippen molar-refractivity contribution in [3.05, 3.63) is 34.9 Å². The summed E-state index contributed by atoms with van der Waals surface area (Å²) in [6.45, 7) is 5.66. The van der Waals surface area contributed by atoms with Crippen LogP contribution in [0.15, 0.2) is 12.1 Å². The molecule has 1 aromatic carbocycles. The summed E-state index contributed by atoms with van der Waals surface area (Å²) in [4.78, 5) is 0. The van der Waals surface area contributed by atoms with Crippen molar-refractivity contribution in [3.8, 4) is 0 Å². The summed E-state index contributed by atoms with van der Waals surface area (Å²) in [5.74, 6) is 0.00432. The predicted octanol–water partition coefficient (Wildman–Crippen LogP) is 4.89. The van der Waals surface area contributed by atoms with Crippen LogP contribution >= 0.6 is 0 Å². The maximum Gasteiger partial charge on any atom is 0.128 e. The molecule has 2 atom stereocenters. The number of nitrogens with one attached hydrogen (secondary N) is 1. The minimum Gasteiger partial charge on any atom is -0.307 e. The Morgan fingerprint density at radius 3 is 2.35 bits per heavy atom. The summed E-state index contributed by atoms with van der Waals surface area (Å²) in [6.07, 6.45) is 6.39. The molecule has 1 fully saturated rings. The van der Waals surface area contributed by atoms with Crippen LogP contribution in [-0.2, 0) is 0 Å². The number of hydrogen-bond donors (Lipinski definition) is 1. The van der Waals surface area contributed by atoms with Gasteiger partial charge in [-0.15, -0.1) is 0 Å². The SMILES string of the molecule is Cc1cc(F)c(C(C)NC(C)C2CCCCC2)cc1F. The molecule has 112 valence electrons. The first-order valence-corrected chi connectivity index (χ1v) is 7.70. The molecule has 0 bridgehead atoms. The summed E-state index contributed by atoms with van der Waals surface area (Å²) >= 11 is 0. The second-order valence-electron chi connectivity index (χ2n) is 6.20. The highest BCUT2D eigenvalue weighted by atomic mass is 19.1. The molecule has 1 aliphatic carbocycles. The van der Waals surface area contributed by atoms with Gasteiger partial charge in [-0.1, -0.05) is 19.3 Å². The highest BCUT2D eigenvalue weighted by Gasteiger charge is 2.22. The molecule has 0 saturated heterocycles. The number of hydrogen-bond acceptors (Lipinski definition) is 1. The molecular formula is C17H25F2N. The maximum atomic E-state index is 14.0. The van der Waals surface area contributed by atoms with Crippen molar-refractivity contribution < 1.29 is 8.78 Å². The second kappa shape index (κ2) is 6.66. The Morgan fingerprint density at radius 1 is 1.05 bits per heavy atom. The normalized spacial score (nSPS) is 19.9. The van der Waals surface area contributed by atoms with Crippen molar-refractivity contribution in [3.63, 3.8) is 0 Å². The molecule has 1 aliphatic rings. The van der Waals surface area contributed by atoms with Crippen molar-refractivity contribution in [1.29, 1.82) is 0 Å². The molecule has 0 aliphatic heterocycles. The van der Waals surface area contributed by atoms with Crippen LogP contribution < -0.4 is 5.32 Å². The van der Waals surface area contributed by atoms with E-state index in [0.717, 1.165) is 0 Å². The standard InChI is InChI=1S/C17H25F2N/c1-11-9-17(19)15(10-16(11)18)13(3)20-12(2)14-7-5-4-6-8-14/h9-10,12-14,20H,4-8H2,1-3H3. The van der Waals surface area contributed by atoms with E-state index in [9.17, 15) is 8.78 Å². The summed E-state index contributed by atoms with van der Waals surface area (Å²) < 4.78 is 27.6. The molecule has 20 heavy (non-hydrogen) atoms. The molecule has 1 nitrogen and oxygen atoms in total. The molecular weight excluding hydrogens is 256 g/mol. The van der Waals surface area contributed by atoms with E-state index in [2.05, 4.69) is 12.2 Å². The van der Waals surface area contributed by atoms with Gasteiger partial charge in [0.1, 0.15) is 11.6 Å². The van der Waals surface area contributed by atoms with Gasteiger partial charge in [-0.3, -0.25) is 0 Å². The Balaban J connectivity index is 2.03. The lowest BCUT2D eigenvalue weighted by Gasteiger charge is -2.31. The van der Waals surface area contributed by atoms with E-state index in [-0.39, 0.29) is 17.7 Å². The van der Waals surface area contributed by atoms with Gasteiger partial charge < -0.3 is 5.32 Å². The zero-order valence-corrected chi connectivity index (χ0v) is 12.7. The fourth-order valence-electron chi connectivity index (χ4n) is 3.25. The highest BCUT2D eigenvalue weighted by Crippen LogP contribution is 2.28. The minimum atomic E-state index is -0.333. The van der Waals surface area contributed by atoms with Crippen molar-refractivity contribution in [2.45, 2.75) is 65.0 Å². The first kappa shape index (κ1) is 15.4. The number of aryl methyl sites for hydroxylation is 1. The molecule has 1 aromatic rings. The Bertz CT molecular complexity index is 453. The summed E-state index contributed by atoms with van der Waals surface area (Å²) in [5.41, 5.74) is 0.787. The van der Waals surface area contributed by atoms with Crippen LogP contribution in [0.4, 0.5) is 8.78 Å². The smallest absolute Gasteiger partial charge is 0.128 e. The molecule has 1 saturated carbocycles. The molecule has 1 N–H and O–H groups in total. The Kier molecular flexibility index (Phi) is 5.14. The van der Waals surface area contributed by atoms with Gasteiger partial charge >= 0.3 is 0 Å². The van der Waals surface area contributed by atoms with E-state index in [1.54, 1.807) is 6.92 Å². The molecule has 3 heteroatoms. The van der Waals surface area contributed by atoms with E-state index in [0.29, 0.717) is 23.1 Å². The molecule has 0 spiro atoms. The van der Waals surface area contributed by atoms with E-state index < -0.39 is 0 Å². The minimum absolute atomic E-state index is 0.165. The molecule has 0 radical (unpaired) electrons. The number of halogens is 2. The highest BCUT2D eigenvalue weighted by molar-refractivity contribution is 5.27. The van der Waals surface area contributed by atoms with Crippen LogP contribution in [0.25, 0.3) is 0 Å². The van der Waals surface area contributed by atoms with Crippen molar-refractivity contribution >= 4 is 0 Å². The van der Waals surface area contributed by atoms with E-state index in [1.165, 1.54) is 44.2 Å². The van der Waals surface area contributed by atoms with E-state index in [1.807, 2.05) is 6.92 Å². The van der Waals surface area contributed by atoms with Crippen molar-refractivity contribution in [1.82, 2.24) is 5.32 Å². The largest absolute Gasteiger partial charge is 0.307 e. The first-order chi connectivity index (χ1) is 9.49. The monoisotopic (exact) mass is 281 g/mol. The van der Waals surface area contributed by atoms with Crippen molar-refractivity contribution in [2.75, 3.05) is 0 Å². The van der Waals surface area contributed by atoms with Crippen molar-refractivity contribution in [2.24, 2.45) is 5.92 Å². The second-order valence-corrected chi connectivity index (χ2v) is 6.20. The summed E-state index contributed by atoms with van der Waals surface area (Å²) in [5, 5.41) is 3.45. The Hall–Kier alpha value is -0.960. The number of rotatable bonds is 4. The van der Waals surface area contributed by atoms with Gasteiger partial charge in [0.05, 0.1) is 0 Å². The van der Waals surface area contributed by atoms with Gasteiger partial charge in [-0.25, -0.2) is 8.78 Å². The topological polar surface area (TPSA) is 12.0 Å². The van der Waals surface area contributed by atoms with Crippen LogP contribution in [0.3, 0.4) is 0 Å². The lowest BCUT2D eigenvalue weighted by atomic mass is 9.84. The van der Waals surface area contributed by atoms with Gasteiger partial charge in [0.2, 0.25) is 0 Å². The lowest BCUT2D eigenvalue weighted by Crippen LogP contribution is -2.36. The third kappa shape index (κ3) is 3.57. The maximum absolute atomic E-state index is 14.0. The Labute approximate surface area is 120 Å². The average molecular weight is 281 g/mol. The quantitative estimate of drug-likeness (QED) is 0.828. The van der Waals surface area contributed by atoms with Crippen LogP contribution in [0.1, 0.15) is 63.1 Å². The zero-order chi connectivity index (χ0) is 14.7. The molecule has 2 unspecified atom stereocenters. The summed E-state index contributed by atoms with van der Waals surface area (Å²) in [7, 11) is 0. The fraction of sp³-hybridized carbons (Fsp3) is 0.647. The van der Waals surface area contributed by atoms with Gasteiger partial charge in [0, 0.05) is 17.6 Å². The third-order valence-corrected chi connectivity index (χ3v) is 4.61. The average Bonchev–Trinajstić information content (AvgIpc) is 2.43. The van der Waals surface area contributed by atoms with Crippen LogP contribution in [0, 0.1) is 24.5 Å². The van der Waals surface area contributed by atoms with Gasteiger partial charge in [0.25, 0.3) is 0 Å². The van der Waals surface area contributed by atoms with Gasteiger partial charge in [0.15, 0.2) is 0 Å². The first-order valence-electron chi connectivity index (χ1n) is 7.70. The van der Waals surface area contributed by atoms with Crippen LogP contribution in [0.2, 0.25) is 0 Å². The third-order valence-electron chi connectivity index (χ3n) is 4.61. The molecule has 2 rings (SSSR count). The lowest BCUT2D eigenvalue weighted by molar-refractivity contribution is 0.267. The van der Waals surface area contributed by atoms with Crippen LogP contribution in [-0.4, -0.2) is 6.04 Å². The van der Waals surface area contributed by atoms with Crippen LogP contribution in [0.5, 0.6) is 0 Å². The number of benzene rings is 1. The van der Waals surface area contributed by atoms with Gasteiger partial charge in [-0.2, -0.15) is 0 Å². The predicted molar refractivity (Wildman–Crippen MR) is 78.7 cm³/mol. The zero-order valence-electron chi connectivity index (χ0n) is 12.7. The molecule has 0 aromatic heterocycles. The summed E-state index contributed by atoms with van der Waals surface area (Å²) in [6, 6.07) is 2.79. The molecule has 0 amide bonds. The van der Waals surface area contributed by atoms with E-state index >= 15 is 0 Å². The molecule has 0 heterocycles. The fourth-order valence-corrected chi connectivity index (χ4v) is 3.25.